The summed E-state index contributed by atoms with van der Waals surface area (Å²) in [7, 11) is 0. The van der Waals surface area contributed by atoms with Gasteiger partial charge in [-0.2, -0.15) is 0 Å². The minimum atomic E-state index is -0.422. The van der Waals surface area contributed by atoms with Gasteiger partial charge in [-0.25, -0.2) is 0 Å². The predicted octanol–water partition coefficient (Wildman–Crippen LogP) is 0.422. The maximum Gasteiger partial charge on any atom is 0.255 e. The van der Waals surface area contributed by atoms with E-state index in [1.165, 1.54) is 18.2 Å². The molecule has 0 bridgehead atoms. The minimum absolute atomic E-state index is 0.0595. The summed E-state index contributed by atoms with van der Waals surface area (Å²) >= 11 is 0. The molecule has 88 valence electrons. The van der Waals surface area contributed by atoms with Gasteiger partial charge in [-0.1, -0.05) is 13.0 Å². The quantitative estimate of drug-likeness (QED) is 0.557. The molecule has 5 nitrogen and oxygen atoms in total. The average Bonchev–Trinajstić information content (AvgIpc) is 2.29. The van der Waals surface area contributed by atoms with E-state index in [0.29, 0.717) is 13.1 Å². The van der Waals surface area contributed by atoms with Crippen molar-refractivity contribution in [2.45, 2.75) is 6.92 Å². The lowest BCUT2D eigenvalue weighted by atomic mass is 10.1. The summed E-state index contributed by atoms with van der Waals surface area (Å²) in [4.78, 5) is 11.6. The number of rotatable bonds is 4. The molecule has 1 amide bonds. The molecule has 1 aromatic carbocycles. The van der Waals surface area contributed by atoms with Gasteiger partial charge in [0.2, 0.25) is 0 Å². The van der Waals surface area contributed by atoms with Crippen LogP contribution in [0.5, 0.6) is 11.5 Å². The summed E-state index contributed by atoms with van der Waals surface area (Å²) in [6.45, 7) is 2.82. The monoisotopic (exact) mass is 224 g/mol. The van der Waals surface area contributed by atoms with E-state index in [1.807, 2.05) is 6.92 Å². The molecule has 0 aliphatic carbocycles. The Balaban J connectivity index is 2.70. The number of phenolic OH excluding ortho intramolecular Hbond substituents is 2. The number of nitrogens with one attached hydrogen (secondary N) is 1. The van der Waals surface area contributed by atoms with Crippen LogP contribution in [0.15, 0.2) is 18.2 Å². The second-order valence-corrected chi connectivity index (χ2v) is 3.72. The Bertz CT molecular complexity index is 379. The molecule has 0 spiro atoms. The van der Waals surface area contributed by atoms with Gasteiger partial charge in [-0.05, 0) is 24.6 Å². The normalized spacial score (nSPS) is 12.1. The van der Waals surface area contributed by atoms with Crippen LogP contribution in [0.4, 0.5) is 0 Å². The highest BCUT2D eigenvalue weighted by Crippen LogP contribution is 2.27. The third-order valence-electron chi connectivity index (χ3n) is 2.27. The molecule has 5 N–H and O–H groups in total. The van der Waals surface area contributed by atoms with E-state index in [2.05, 4.69) is 5.32 Å². The zero-order chi connectivity index (χ0) is 12.1. The standard InChI is InChI=1S/C11H16N2O3/c1-7(5-12)6-13-11(16)8-3-2-4-9(14)10(8)15/h2-4,7,14-15H,5-6,12H2,1H3,(H,13,16). The second-order valence-electron chi connectivity index (χ2n) is 3.72. The van der Waals surface area contributed by atoms with E-state index in [4.69, 9.17) is 5.73 Å². The highest BCUT2D eigenvalue weighted by molar-refractivity contribution is 5.97. The lowest BCUT2D eigenvalue weighted by Gasteiger charge is -2.11. The van der Waals surface area contributed by atoms with Crippen molar-refractivity contribution in [3.63, 3.8) is 0 Å². The SMILES string of the molecule is CC(CN)CNC(=O)c1cccc(O)c1O. The van der Waals surface area contributed by atoms with Crippen molar-refractivity contribution in [2.75, 3.05) is 13.1 Å². The van der Waals surface area contributed by atoms with Crippen molar-refractivity contribution < 1.29 is 15.0 Å². The van der Waals surface area contributed by atoms with Crippen molar-refractivity contribution in [1.29, 1.82) is 0 Å². The van der Waals surface area contributed by atoms with E-state index >= 15 is 0 Å². The van der Waals surface area contributed by atoms with Crippen LogP contribution in [0.1, 0.15) is 17.3 Å². The molecule has 0 aliphatic heterocycles. The van der Waals surface area contributed by atoms with Crippen molar-refractivity contribution in [3.05, 3.63) is 23.8 Å². The predicted molar refractivity (Wildman–Crippen MR) is 60.3 cm³/mol. The Kier molecular flexibility index (Phi) is 4.13. The number of carbonyl (C=O) groups excluding carboxylic acids is 1. The highest BCUT2D eigenvalue weighted by atomic mass is 16.3. The largest absolute Gasteiger partial charge is 0.504 e. The van der Waals surface area contributed by atoms with Gasteiger partial charge in [0.1, 0.15) is 0 Å². The van der Waals surface area contributed by atoms with Crippen LogP contribution in [0, 0.1) is 5.92 Å². The first kappa shape index (κ1) is 12.3. The number of carbonyl (C=O) groups is 1. The molecule has 1 aromatic rings. The molecule has 0 saturated carbocycles. The maximum atomic E-state index is 11.6. The first-order valence-corrected chi connectivity index (χ1v) is 5.05. The fourth-order valence-electron chi connectivity index (χ4n) is 1.16. The molecule has 0 radical (unpaired) electrons. The van der Waals surface area contributed by atoms with Crippen LogP contribution in [-0.2, 0) is 0 Å². The first-order valence-electron chi connectivity index (χ1n) is 5.05. The van der Waals surface area contributed by atoms with Gasteiger partial charge in [0, 0.05) is 6.54 Å². The van der Waals surface area contributed by atoms with Crippen LogP contribution in [0.2, 0.25) is 0 Å². The second kappa shape index (κ2) is 5.37. The molecule has 0 aromatic heterocycles. The average molecular weight is 224 g/mol. The number of hydrogen-bond acceptors (Lipinski definition) is 4. The molecule has 0 fully saturated rings. The fourth-order valence-corrected chi connectivity index (χ4v) is 1.16. The minimum Gasteiger partial charge on any atom is -0.504 e. The number of amides is 1. The smallest absolute Gasteiger partial charge is 0.255 e. The van der Waals surface area contributed by atoms with E-state index in [9.17, 15) is 15.0 Å². The van der Waals surface area contributed by atoms with Crippen molar-refractivity contribution >= 4 is 5.91 Å². The topological polar surface area (TPSA) is 95.6 Å². The van der Waals surface area contributed by atoms with E-state index in [0.717, 1.165) is 0 Å². The van der Waals surface area contributed by atoms with E-state index in [1.54, 1.807) is 0 Å². The number of hydrogen-bond donors (Lipinski definition) is 4. The maximum absolute atomic E-state index is 11.6. The van der Waals surface area contributed by atoms with Crippen molar-refractivity contribution in [1.82, 2.24) is 5.32 Å². The van der Waals surface area contributed by atoms with Crippen LogP contribution < -0.4 is 11.1 Å². The van der Waals surface area contributed by atoms with Gasteiger partial charge in [-0.3, -0.25) is 4.79 Å². The zero-order valence-corrected chi connectivity index (χ0v) is 9.10. The fraction of sp³-hybridized carbons (Fsp3) is 0.364. The molecule has 0 heterocycles. The van der Waals surface area contributed by atoms with E-state index in [-0.39, 0.29) is 17.2 Å². The van der Waals surface area contributed by atoms with Crippen LogP contribution in [0.25, 0.3) is 0 Å². The number of para-hydroxylation sites is 1. The lowest BCUT2D eigenvalue weighted by Crippen LogP contribution is -2.31. The summed E-state index contributed by atoms with van der Waals surface area (Å²) in [5.41, 5.74) is 5.47. The van der Waals surface area contributed by atoms with Crippen LogP contribution in [0.3, 0.4) is 0 Å². The molecule has 0 aliphatic rings. The lowest BCUT2D eigenvalue weighted by molar-refractivity contribution is 0.0945. The van der Waals surface area contributed by atoms with Crippen LogP contribution >= 0.6 is 0 Å². The summed E-state index contributed by atoms with van der Waals surface area (Å²) in [6, 6.07) is 4.25. The third-order valence-corrected chi connectivity index (χ3v) is 2.27. The Morgan fingerprint density at radius 3 is 2.81 bits per heavy atom. The molecule has 1 atom stereocenters. The van der Waals surface area contributed by atoms with E-state index < -0.39 is 11.7 Å². The Morgan fingerprint density at radius 1 is 1.50 bits per heavy atom. The summed E-state index contributed by atoms with van der Waals surface area (Å²) in [6.07, 6.45) is 0. The summed E-state index contributed by atoms with van der Waals surface area (Å²) < 4.78 is 0. The zero-order valence-electron chi connectivity index (χ0n) is 9.10. The highest BCUT2D eigenvalue weighted by Gasteiger charge is 2.13. The number of phenols is 2. The Hall–Kier alpha value is -1.75. The summed E-state index contributed by atoms with van der Waals surface area (Å²) in [5.74, 6) is -0.961. The van der Waals surface area contributed by atoms with Gasteiger partial charge >= 0.3 is 0 Å². The molecular formula is C11H16N2O3. The molecule has 16 heavy (non-hydrogen) atoms. The number of nitrogens with two attached hydrogens (primary N) is 1. The van der Waals surface area contributed by atoms with Crippen molar-refractivity contribution in [2.24, 2.45) is 11.7 Å². The van der Waals surface area contributed by atoms with Crippen molar-refractivity contribution in [3.8, 4) is 11.5 Å². The molecule has 1 rings (SSSR count). The third kappa shape index (κ3) is 2.87. The molecule has 1 unspecified atom stereocenters. The van der Waals surface area contributed by atoms with Crippen LogP contribution in [-0.4, -0.2) is 29.2 Å². The summed E-state index contributed by atoms with van der Waals surface area (Å²) in [5, 5.41) is 21.3. The number of aromatic hydroxyl groups is 2. The van der Waals surface area contributed by atoms with Gasteiger partial charge in [-0.15, -0.1) is 0 Å². The van der Waals surface area contributed by atoms with Gasteiger partial charge < -0.3 is 21.3 Å². The Morgan fingerprint density at radius 2 is 2.19 bits per heavy atom. The molecule has 0 saturated heterocycles. The van der Waals surface area contributed by atoms with Gasteiger partial charge in [0.05, 0.1) is 5.56 Å². The number of benzene rings is 1. The molecular weight excluding hydrogens is 208 g/mol. The first-order chi connectivity index (χ1) is 7.56. The molecule has 5 heteroatoms. The van der Waals surface area contributed by atoms with Gasteiger partial charge in [0.15, 0.2) is 11.5 Å². The Labute approximate surface area is 93.9 Å². The van der Waals surface area contributed by atoms with Gasteiger partial charge in [0.25, 0.3) is 5.91 Å².